The average Bonchev–Trinajstić information content (AvgIpc) is 2.93. The van der Waals surface area contributed by atoms with E-state index in [0.717, 1.165) is 24.9 Å². The molecule has 4 heteroatoms. The van der Waals surface area contributed by atoms with Gasteiger partial charge in [0, 0.05) is 18.0 Å². The third kappa shape index (κ3) is 4.39. The fourth-order valence-electron chi connectivity index (χ4n) is 2.20. The lowest BCUT2D eigenvalue weighted by Gasteiger charge is -2.09. The Bertz CT molecular complexity index is 545. The van der Waals surface area contributed by atoms with Crippen molar-refractivity contribution >= 4 is 0 Å². The Hall–Kier alpha value is -1.68. The molecular formula is C17H25N3O. The summed E-state index contributed by atoms with van der Waals surface area (Å²) in [6.07, 6.45) is 1.89. The normalized spacial score (nSPS) is 12.8. The summed E-state index contributed by atoms with van der Waals surface area (Å²) in [5.74, 6) is 1.89. The first-order chi connectivity index (χ1) is 10.1. The maximum atomic E-state index is 5.35. The number of hydrogen-bond acceptors (Lipinski definition) is 4. The van der Waals surface area contributed by atoms with Crippen LogP contribution in [0.2, 0.25) is 0 Å². The third-order valence-corrected chi connectivity index (χ3v) is 3.53. The van der Waals surface area contributed by atoms with E-state index < -0.39 is 0 Å². The average molecular weight is 287 g/mol. The molecule has 1 N–H and O–H groups in total. The van der Waals surface area contributed by atoms with Gasteiger partial charge in [-0.05, 0) is 31.4 Å². The number of aromatic nitrogens is 2. The van der Waals surface area contributed by atoms with Crippen LogP contribution in [0.5, 0.6) is 0 Å². The van der Waals surface area contributed by atoms with Gasteiger partial charge >= 0.3 is 0 Å². The molecule has 1 aromatic carbocycles. The van der Waals surface area contributed by atoms with Gasteiger partial charge in [-0.15, -0.1) is 0 Å². The first-order valence-corrected chi connectivity index (χ1v) is 7.76. The van der Waals surface area contributed by atoms with Crippen molar-refractivity contribution in [2.24, 2.45) is 0 Å². The molecule has 4 nitrogen and oxygen atoms in total. The minimum absolute atomic E-state index is 0.349. The molecule has 0 saturated carbocycles. The van der Waals surface area contributed by atoms with Crippen LogP contribution in [0.3, 0.4) is 0 Å². The van der Waals surface area contributed by atoms with E-state index in [9.17, 15) is 0 Å². The first-order valence-electron chi connectivity index (χ1n) is 7.76. The highest BCUT2D eigenvalue weighted by atomic mass is 16.5. The summed E-state index contributed by atoms with van der Waals surface area (Å²) in [4.78, 5) is 4.49. The van der Waals surface area contributed by atoms with Gasteiger partial charge < -0.3 is 9.84 Å². The van der Waals surface area contributed by atoms with Gasteiger partial charge in [0.05, 0.1) is 0 Å². The Morgan fingerprint density at radius 1 is 1.14 bits per heavy atom. The molecule has 0 amide bonds. The predicted octanol–water partition coefficient (Wildman–Crippen LogP) is 3.79. The molecule has 0 fully saturated rings. The molecule has 0 bridgehead atoms. The largest absolute Gasteiger partial charge is 0.339 e. The van der Waals surface area contributed by atoms with Crippen molar-refractivity contribution in [3.63, 3.8) is 0 Å². The zero-order valence-electron chi connectivity index (χ0n) is 13.4. The van der Waals surface area contributed by atoms with Crippen molar-refractivity contribution < 1.29 is 4.52 Å². The molecule has 0 aliphatic heterocycles. The summed E-state index contributed by atoms with van der Waals surface area (Å²) >= 11 is 0. The molecule has 0 radical (unpaired) electrons. The van der Waals surface area contributed by atoms with E-state index in [1.807, 2.05) is 0 Å². The Morgan fingerprint density at radius 2 is 1.86 bits per heavy atom. The Kier molecular flexibility index (Phi) is 5.51. The minimum atomic E-state index is 0.349. The molecule has 21 heavy (non-hydrogen) atoms. The molecular weight excluding hydrogens is 262 g/mol. The maximum Gasteiger partial charge on any atom is 0.228 e. The number of nitrogens with zero attached hydrogens (tertiary/aromatic N) is 2. The van der Waals surface area contributed by atoms with Crippen molar-refractivity contribution in [3.05, 3.63) is 35.7 Å². The van der Waals surface area contributed by atoms with Crippen molar-refractivity contribution in [3.8, 4) is 11.4 Å². The van der Waals surface area contributed by atoms with Gasteiger partial charge in [-0.3, -0.25) is 0 Å². The van der Waals surface area contributed by atoms with Gasteiger partial charge in [0.25, 0.3) is 0 Å². The molecule has 1 heterocycles. The van der Waals surface area contributed by atoms with Crippen LogP contribution in [0, 0.1) is 0 Å². The van der Waals surface area contributed by atoms with E-state index in [1.165, 1.54) is 5.56 Å². The third-order valence-electron chi connectivity index (χ3n) is 3.53. The topological polar surface area (TPSA) is 51.0 Å². The molecule has 0 aliphatic carbocycles. The fourth-order valence-corrected chi connectivity index (χ4v) is 2.20. The number of rotatable bonds is 7. The van der Waals surface area contributed by atoms with E-state index in [2.05, 4.69) is 67.4 Å². The summed E-state index contributed by atoms with van der Waals surface area (Å²) in [7, 11) is 0. The lowest BCUT2D eigenvalue weighted by Crippen LogP contribution is -2.28. The van der Waals surface area contributed by atoms with Crippen LogP contribution in [0.15, 0.2) is 28.8 Å². The molecule has 0 saturated heterocycles. The molecule has 114 valence electrons. The maximum absolute atomic E-state index is 5.35. The van der Waals surface area contributed by atoms with Gasteiger partial charge in [0.1, 0.15) is 0 Å². The zero-order chi connectivity index (χ0) is 15.2. The van der Waals surface area contributed by atoms with Crippen LogP contribution in [0.25, 0.3) is 11.4 Å². The van der Waals surface area contributed by atoms with Crippen LogP contribution >= 0.6 is 0 Å². The Labute approximate surface area is 127 Å². The van der Waals surface area contributed by atoms with Crippen LogP contribution in [0.4, 0.5) is 0 Å². The quantitative estimate of drug-likeness (QED) is 0.841. The Balaban J connectivity index is 2.02. The second kappa shape index (κ2) is 7.36. The lowest BCUT2D eigenvalue weighted by atomic mass is 10.0. The molecule has 0 spiro atoms. The highest BCUT2D eigenvalue weighted by Crippen LogP contribution is 2.20. The minimum Gasteiger partial charge on any atom is -0.339 e. The van der Waals surface area contributed by atoms with Gasteiger partial charge in [-0.2, -0.15) is 4.98 Å². The van der Waals surface area contributed by atoms with Gasteiger partial charge in [-0.25, -0.2) is 0 Å². The second-order valence-corrected chi connectivity index (χ2v) is 5.85. The smallest absolute Gasteiger partial charge is 0.228 e. The van der Waals surface area contributed by atoms with E-state index in [4.69, 9.17) is 4.52 Å². The molecule has 1 atom stereocenters. The predicted molar refractivity (Wildman–Crippen MR) is 85.3 cm³/mol. The summed E-state index contributed by atoms with van der Waals surface area (Å²) < 4.78 is 5.35. The highest BCUT2D eigenvalue weighted by Gasteiger charge is 2.12. The van der Waals surface area contributed by atoms with Gasteiger partial charge in [-0.1, -0.05) is 50.2 Å². The van der Waals surface area contributed by atoms with Crippen molar-refractivity contribution in [2.75, 3.05) is 6.54 Å². The number of nitrogens with one attached hydrogen (secondary N) is 1. The van der Waals surface area contributed by atoms with Gasteiger partial charge in [0.15, 0.2) is 0 Å². The molecule has 2 aromatic rings. The summed E-state index contributed by atoms with van der Waals surface area (Å²) in [5.41, 5.74) is 2.32. The lowest BCUT2D eigenvalue weighted by molar-refractivity contribution is 0.362. The molecule has 1 unspecified atom stereocenters. The monoisotopic (exact) mass is 287 g/mol. The van der Waals surface area contributed by atoms with Crippen LogP contribution < -0.4 is 5.32 Å². The zero-order valence-corrected chi connectivity index (χ0v) is 13.4. The summed E-state index contributed by atoms with van der Waals surface area (Å²) in [6.45, 7) is 9.68. The number of benzene rings is 1. The summed E-state index contributed by atoms with van der Waals surface area (Å²) in [5, 5.41) is 7.50. The fraction of sp³-hybridized carbons (Fsp3) is 0.529. The molecule has 1 aromatic heterocycles. The van der Waals surface area contributed by atoms with Crippen LogP contribution in [-0.2, 0) is 6.42 Å². The van der Waals surface area contributed by atoms with Gasteiger partial charge in [0.2, 0.25) is 11.7 Å². The van der Waals surface area contributed by atoms with Crippen LogP contribution in [-0.4, -0.2) is 22.7 Å². The second-order valence-electron chi connectivity index (χ2n) is 5.85. The standard InChI is InChI=1S/C17H25N3O/c1-5-10-18-13(4)11-16-19-17(20-21-16)15-8-6-14(7-9-15)12(2)3/h6-9,12-13,18H,5,10-11H2,1-4H3. The van der Waals surface area contributed by atoms with E-state index in [1.54, 1.807) is 0 Å². The SMILES string of the molecule is CCCNC(C)Cc1nc(-c2ccc(C(C)C)cc2)no1. The van der Waals surface area contributed by atoms with Crippen molar-refractivity contribution in [1.82, 2.24) is 15.5 Å². The van der Waals surface area contributed by atoms with Crippen molar-refractivity contribution in [2.45, 2.75) is 52.5 Å². The highest BCUT2D eigenvalue weighted by molar-refractivity contribution is 5.54. The Morgan fingerprint density at radius 3 is 2.48 bits per heavy atom. The van der Waals surface area contributed by atoms with Crippen molar-refractivity contribution in [1.29, 1.82) is 0 Å². The molecule has 2 rings (SSSR count). The van der Waals surface area contributed by atoms with E-state index in [-0.39, 0.29) is 0 Å². The first kappa shape index (κ1) is 15.7. The number of hydrogen-bond donors (Lipinski definition) is 1. The van der Waals surface area contributed by atoms with Crippen LogP contribution in [0.1, 0.15) is 51.5 Å². The summed E-state index contributed by atoms with van der Waals surface area (Å²) in [6, 6.07) is 8.72. The molecule has 0 aliphatic rings. The van der Waals surface area contributed by atoms with E-state index >= 15 is 0 Å². The van der Waals surface area contributed by atoms with E-state index in [0.29, 0.717) is 23.7 Å².